The number of carboxylic acids is 1. The Bertz CT molecular complexity index is 1720. The lowest BCUT2D eigenvalue weighted by atomic mass is 10.0. The number of aryl methyl sites for hydroxylation is 1. The second kappa shape index (κ2) is 22.3. The van der Waals surface area contributed by atoms with E-state index < -0.39 is 90.4 Å². The van der Waals surface area contributed by atoms with E-state index in [1.165, 1.54) is 5.56 Å². The van der Waals surface area contributed by atoms with Crippen molar-refractivity contribution in [2.75, 3.05) is 13.1 Å². The van der Waals surface area contributed by atoms with Crippen molar-refractivity contribution >= 4 is 41.8 Å². The van der Waals surface area contributed by atoms with Crippen LogP contribution in [-0.4, -0.2) is 95.5 Å². The van der Waals surface area contributed by atoms with Crippen LogP contribution in [0.5, 0.6) is 0 Å². The highest BCUT2D eigenvalue weighted by atomic mass is 16.6. The third kappa shape index (κ3) is 18.0. The summed E-state index contributed by atoms with van der Waals surface area (Å²) in [6.45, 7) is 14.4. The van der Waals surface area contributed by atoms with Gasteiger partial charge in [-0.15, -0.1) is 0 Å². The Labute approximate surface area is 340 Å². The summed E-state index contributed by atoms with van der Waals surface area (Å²) in [6, 6.07) is 10.4. The van der Waals surface area contributed by atoms with E-state index >= 15 is 0 Å². The zero-order valence-corrected chi connectivity index (χ0v) is 34.9. The number of benzene rings is 2. The Hall–Kier alpha value is -5.71. The van der Waals surface area contributed by atoms with Gasteiger partial charge in [-0.25, -0.2) is 14.4 Å². The third-order valence-electron chi connectivity index (χ3n) is 8.11. The number of carbonyl (C=O) groups is 7. The fourth-order valence-electron chi connectivity index (χ4n) is 5.26. The van der Waals surface area contributed by atoms with Crippen LogP contribution >= 0.6 is 0 Å². The van der Waals surface area contributed by atoms with Crippen LogP contribution in [0.25, 0.3) is 11.1 Å². The van der Waals surface area contributed by atoms with Crippen molar-refractivity contribution < 1.29 is 48.1 Å². The number of hydrogen-bond acceptors (Lipinski definition) is 10. The molecule has 0 unspecified atom stereocenters. The molecule has 2 rings (SSSR count). The van der Waals surface area contributed by atoms with Gasteiger partial charge >= 0.3 is 18.2 Å². The van der Waals surface area contributed by atoms with Gasteiger partial charge in [0.25, 0.3) is 11.8 Å². The number of alkyl carbamates (subject to hydrolysis) is 2. The monoisotopic (exact) mass is 811 g/mol. The molecule has 0 saturated heterocycles. The summed E-state index contributed by atoms with van der Waals surface area (Å²) in [4.78, 5) is 90.5. The molecule has 58 heavy (non-hydrogen) atoms. The number of aliphatic carboxylic acids is 1. The molecule has 2 aromatic carbocycles. The normalized spacial score (nSPS) is 13.5. The van der Waals surface area contributed by atoms with Crippen LogP contribution < -0.4 is 37.6 Å². The lowest BCUT2D eigenvalue weighted by molar-refractivity contribution is -0.142. The molecular formula is C41H61N7O10. The van der Waals surface area contributed by atoms with Gasteiger partial charge in [0.15, 0.2) is 6.17 Å². The number of carbonyl (C=O) groups excluding carboxylic acids is 6. The van der Waals surface area contributed by atoms with Gasteiger partial charge in [0.1, 0.15) is 29.3 Å². The van der Waals surface area contributed by atoms with Crippen molar-refractivity contribution in [3.05, 3.63) is 59.7 Å². The predicted octanol–water partition coefficient (Wildman–Crippen LogP) is 3.35. The Morgan fingerprint density at radius 2 is 1.10 bits per heavy atom. The smallest absolute Gasteiger partial charge is 0.407 e. The number of rotatable bonds is 19. The fraction of sp³-hybridized carbons (Fsp3) is 0.537. The molecule has 17 nitrogen and oxygen atoms in total. The van der Waals surface area contributed by atoms with Gasteiger partial charge in [-0.3, -0.25) is 19.2 Å². The number of nitrogens with two attached hydrogens (primary N) is 1. The minimum Gasteiger partial charge on any atom is -0.480 e. The Morgan fingerprint density at radius 3 is 1.55 bits per heavy atom. The van der Waals surface area contributed by atoms with Gasteiger partial charge in [-0.1, -0.05) is 63.6 Å². The van der Waals surface area contributed by atoms with Gasteiger partial charge in [-0.2, -0.15) is 0 Å². The summed E-state index contributed by atoms with van der Waals surface area (Å²) in [5, 5.41) is 23.8. The van der Waals surface area contributed by atoms with Crippen LogP contribution in [0.15, 0.2) is 48.5 Å². The van der Waals surface area contributed by atoms with E-state index in [9.17, 15) is 38.7 Å². The van der Waals surface area contributed by atoms with Crippen LogP contribution in [0.1, 0.15) is 97.5 Å². The number of nitrogens with one attached hydrogen (secondary N) is 6. The number of ether oxygens (including phenoxy) is 2. The zero-order valence-electron chi connectivity index (χ0n) is 34.9. The highest BCUT2D eigenvalue weighted by Gasteiger charge is 2.32. The topological polar surface area (TPSA) is 256 Å². The molecular weight excluding hydrogens is 750 g/mol. The van der Waals surface area contributed by atoms with Crippen LogP contribution in [0.2, 0.25) is 0 Å². The largest absolute Gasteiger partial charge is 0.480 e. The first kappa shape index (κ1) is 48.4. The molecule has 0 radical (unpaired) electrons. The van der Waals surface area contributed by atoms with Crippen LogP contribution in [0.3, 0.4) is 0 Å². The summed E-state index contributed by atoms with van der Waals surface area (Å²) in [6.07, 6.45) is -0.342. The van der Waals surface area contributed by atoms with E-state index in [-0.39, 0.29) is 17.9 Å². The second-order valence-corrected chi connectivity index (χ2v) is 16.2. The molecule has 9 N–H and O–H groups in total. The summed E-state index contributed by atoms with van der Waals surface area (Å²) in [5.74, 6) is -5.13. The summed E-state index contributed by atoms with van der Waals surface area (Å²) in [5.41, 5.74) is 7.34. The lowest BCUT2D eigenvalue weighted by Crippen LogP contribution is -2.63. The van der Waals surface area contributed by atoms with Crippen LogP contribution in [0, 0.1) is 5.92 Å². The molecule has 0 fully saturated rings. The number of amides is 6. The quantitative estimate of drug-likeness (QED) is 0.0955. The molecule has 0 heterocycles. The van der Waals surface area contributed by atoms with Crippen molar-refractivity contribution in [3.8, 4) is 11.1 Å². The number of hydrogen-bond donors (Lipinski definition) is 8. The summed E-state index contributed by atoms with van der Waals surface area (Å²) >= 11 is 0. The van der Waals surface area contributed by atoms with Gasteiger partial charge < -0.3 is 52.2 Å². The maximum atomic E-state index is 13.9. The zero-order chi connectivity index (χ0) is 43.8. The average molecular weight is 812 g/mol. The van der Waals surface area contributed by atoms with E-state index in [2.05, 4.69) is 51.0 Å². The number of unbranched alkanes of at least 4 members (excludes halogenated alkanes) is 1. The van der Waals surface area contributed by atoms with Crippen LogP contribution in [0.4, 0.5) is 9.59 Å². The molecule has 2 aromatic rings. The maximum Gasteiger partial charge on any atom is 0.407 e. The lowest BCUT2D eigenvalue weighted by Gasteiger charge is -2.26. The van der Waals surface area contributed by atoms with E-state index in [4.69, 9.17) is 15.2 Å². The molecule has 0 aliphatic carbocycles. The molecule has 0 spiro atoms. The highest BCUT2D eigenvalue weighted by Crippen LogP contribution is 2.21. The number of carboxylic acid groups (broad SMARTS) is 1. The summed E-state index contributed by atoms with van der Waals surface area (Å²) < 4.78 is 10.5. The second-order valence-electron chi connectivity index (χ2n) is 16.2. The standard InChI is InChI=1S/C41H61N7O10/c1-10-11-12-25-13-15-26(16-14-25)27-17-19-28(20-18-27)33(49)46-30(22-43-38(55)57-40(4,5)6)34(50)47-31(23-44-39(56)58-41(7,8)9)35(51)48-32(42)36(52)45-29(37(53)54)21-24(2)3/h13-20,24,29-32H,10-12,21-23,42H2,1-9H3,(H,43,55)(H,44,56)(H,45,52)(H,46,49)(H,47,50)(H,48,51)(H,53,54)/t29-,30-,31-,32+/m0/s1. The molecule has 0 aliphatic rings. The molecule has 4 atom stereocenters. The Morgan fingerprint density at radius 1 is 0.655 bits per heavy atom. The first-order chi connectivity index (χ1) is 27.0. The van der Waals surface area contributed by atoms with Crippen molar-refractivity contribution in [1.29, 1.82) is 0 Å². The maximum absolute atomic E-state index is 13.9. The molecule has 0 bridgehead atoms. The SMILES string of the molecule is CCCCc1ccc(-c2ccc(C(=O)N[C@@H](CNC(=O)OC(C)(C)C)C(=O)N[C@@H](CNC(=O)OC(C)(C)C)C(=O)N[C@@H](N)C(=O)N[C@@H](CC(C)C)C(=O)O)cc2)cc1. The molecule has 0 aliphatic heterocycles. The molecule has 0 aromatic heterocycles. The third-order valence-corrected chi connectivity index (χ3v) is 8.11. The Kier molecular flexibility index (Phi) is 18.6. The first-order valence-electron chi connectivity index (χ1n) is 19.3. The van der Waals surface area contributed by atoms with E-state index in [1.54, 1.807) is 79.7 Å². The molecule has 0 saturated carbocycles. The van der Waals surface area contributed by atoms with Gasteiger partial charge in [0, 0.05) is 5.56 Å². The van der Waals surface area contributed by atoms with Gasteiger partial charge in [0.2, 0.25) is 11.8 Å². The van der Waals surface area contributed by atoms with Crippen molar-refractivity contribution in [1.82, 2.24) is 31.9 Å². The van der Waals surface area contributed by atoms with Gasteiger partial charge in [-0.05, 0) is 95.5 Å². The minimum absolute atomic E-state index is 0.0851. The highest BCUT2D eigenvalue weighted by molar-refractivity contribution is 5.99. The molecule has 6 amide bonds. The van der Waals surface area contributed by atoms with Crippen molar-refractivity contribution in [2.24, 2.45) is 11.7 Å². The van der Waals surface area contributed by atoms with Crippen molar-refractivity contribution in [2.45, 2.75) is 123 Å². The van der Waals surface area contributed by atoms with E-state index in [1.807, 2.05) is 12.1 Å². The Balaban J connectivity index is 2.34. The predicted molar refractivity (Wildman–Crippen MR) is 217 cm³/mol. The molecule has 17 heteroatoms. The summed E-state index contributed by atoms with van der Waals surface area (Å²) in [7, 11) is 0. The fourth-order valence-corrected chi connectivity index (χ4v) is 5.26. The van der Waals surface area contributed by atoms with E-state index in [0.29, 0.717) is 0 Å². The van der Waals surface area contributed by atoms with Crippen molar-refractivity contribution in [3.63, 3.8) is 0 Å². The first-order valence-corrected chi connectivity index (χ1v) is 19.3. The minimum atomic E-state index is -1.77. The van der Waals surface area contributed by atoms with E-state index in [0.717, 1.165) is 30.4 Å². The van der Waals surface area contributed by atoms with Crippen LogP contribution in [-0.2, 0) is 35.1 Å². The van der Waals surface area contributed by atoms with Gasteiger partial charge in [0.05, 0.1) is 13.1 Å². The average Bonchev–Trinajstić information content (AvgIpc) is 3.12. The molecule has 320 valence electrons.